The average molecular weight is 291 g/mol. The molecule has 0 atom stereocenters. The van der Waals surface area contributed by atoms with E-state index in [1.54, 1.807) is 24.3 Å². The molecule has 0 unspecified atom stereocenters. The van der Waals surface area contributed by atoms with Crippen LogP contribution in [-0.4, -0.2) is 30.3 Å². The van der Waals surface area contributed by atoms with Gasteiger partial charge >= 0.3 is 6.18 Å². The Morgan fingerprint density at radius 2 is 1.79 bits per heavy atom. The van der Waals surface area contributed by atoms with Crippen LogP contribution in [0.5, 0.6) is 5.75 Å². The van der Waals surface area contributed by atoms with E-state index in [9.17, 15) is 13.2 Å². The molecule has 19 heavy (non-hydrogen) atoms. The molecule has 106 valence electrons. The zero-order valence-electron chi connectivity index (χ0n) is 10.4. The lowest BCUT2D eigenvalue weighted by atomic mass is 10.1. The summed E-state index contributed by atoms with van der Waals surface area (Å²) in [5, 5.41) is 3.39. The minimum Gasteiger partial charge on any atom is -0.484 e. The Morgan fingerprint density at radius 3 is 2.37 bits per heavy atom. The molecule has 0 aliphatic carbocycles. The molecule has 0 saturated carbocycles. The van der Waals surface area contributed by atoms with Crippen LogP contribution in [0.2, 0.25) is 0 Å². The molecule has 0 radical (unpaired) electrons. The van der Waals surface area contributed by atoms with Crippen LogP contribution in [-0.2, 0) is 0 Å². The first-order chi connectivity index (χ1) is 9.03. The summed E-state index contributed by atoms with van der Waals surface area (Å²) in [7, 11) is 0. The van der Waals surface area contributed by atoms with Gasteiger partial charge in [0.2, 0.25) is 0 Å². The van der Waals surface area contributed by atoms with Crippen molar-refractivity contribution in [3.05, 3.63) is 24.3 Å². The van der Waals surface area contributed by atoms with E-state index in [4.69, 9.17) is 0 Å². The quantitative estimate of drug-likeness (QED) is 0.908. The fourth-order valence-electron chi connectivity index (χ4n) is 1.89. The predicted octanol–water partition coefficient (Wildman–Crippen LogP) is 3.94. The van der Waals surface area contributed by atoms with Crippen LogP contribution in [0.25, 0.3) is 0 Å². The predicted molar refractivity (Wildman–Crippen MR) is 72.0 cm³/mol. The number of nitrogens with one attached hydrogen (secondary N) is 1. The molecule has 0 aromatic heterocycles. The van der Waals surface area contributed by atoms with E-state index in [-0.39, 0.29) is 5.75 Å². The number of thioether (sulfide) groups is 1. The first-order valence-corrected chi connectivity index (χ1v) is 7.32. The van der Waals surface area contributed by atoms with Crippen LogP contribution in [0, 0.1) is 0 Å². The number of halogens is 3. The van der Waals surface area contributed by atoms with Gasteiger partial charge in [-0.3, -0.25) is 0 Å². The van der Waals surface area contributed by atoms with Crippen molar-refractivity contribution in [2.45, 2.75) is 25.1 Å². The average Bonchev–Trinajstić information content (AvgIpc) is 2.38. The second kappa shape index (κ2) is 6.41. The fourth-order valence-corrected chi connectivity index (χ4v) is 3.00. The molecule has 1 aliphatic rings. The molecule has 1 fully saturated rings. The highest BCUT2D eigenvalue weighted by atomic mass is 32.2. The van der Waals surface area contributed by atoms with Crippen molar-refractivity contribution < 1.29 is 17.9 Å². The third-order valence-corrected chi connectivity index (χ3v) is 3.90. The summed E-state index contributed by atoms with van der Waals surface area (Å²) < 4.78 is 40.6. The van der Waals surface area contributed by atoms with Gasteiger partial charge < -0.3 is 10.1 Å². The molecule has 0 amide bonds. The number of hydrogen-bond acceptors (Lipinski definition) is 3. The number of anilines is 1. The van der Waals surface area contributed by atoms with Crippen molar-refractivity contribution >= 4 is 17.4 Å². The Morgan fingerprint density at radius 1 is 1.16 bits per heavy atom. The van der Waals surface area contributed by atoms with Gasteiger partial charge in [0.15, 0.2) is 6.61 Å². The van der Waals surface area contributed by atoms with Gasteiger partial charge in [-0.05, 0) is 48.6 Å². The van der Waals surface area contributed by atoms with Gasteiger partial charge in [0.05, 0.1) is 0 Å². The van der Waals surface area contributed by atoms with Crippen LogP contribution in [0.15, 0.2) is 24.3 Å². The van der Waals surface area contributed by atoms with E-state index in [1.165, 1.54) is 0 Å². The summed E-state index contributed by atoms with van der Waals surface area (Å²) in [6, 6.07) is 7.10. The van der Waals surface area contributed by atoms with Crippen LogP contribution in [0.4, 0.5) is 18.9 Å². The molecule has 6 heteroatoms. The number of alkyl halides is 3. The molecule has 1 N–H and O–H groups in total. The lowest BCUT2D eigenvalue weighted by Gasteiger charge is -2.23. The highest BCUT2D eigenvalue weighted by Crippen LogP contribution is 2.23. The zero-order chi connectivity index (χ0) is 13.7. The lowest BCUT2D eigenvalue weighted by Crippen LogP contribution is -2.24. The first-order valence-electron chi connectivity index (χ1n) is 6.17. The molecule has 2 nitrogen and oxygen atoms in total. The molecule has 2 rings (SSSR count). The van der Waals surface area contributed by atoms with Crippen LogP contribution in [0.1, 0.15) is 12.8 Å². The summed E-state index contributed by atoms with van der Waals surface area (Å²) in [6.45, 7) is -1.25. The molecule has 1 aromatic carbocycles. The van der Waals surface area contributed by atoms with Crippen LogP contribution >= 0.6 is 11.8 Å². The number of benzene rings is 1. The number of hydrogen-bond donors (Lipinski definition) is 1. The lowest BCUT2D eigenvalue weighted by molar-refractivity contribution is -0.153. The third-order valence-electron chi connectivity index (χ3n) is 2.85. The molecular formula is C13H16F3NOS. The van der Waals surface area contributed by atoms with Crippen molar-refractivity contribution in [1.82, 2.24) is 0 Å². The Balaban J connectivity index is 1.83. The van der Waals surface area contributed by atoms with E-state index < -0.39 is 12.8 Å². The van der Waals surface area contributed by atoms with Gasteiger partial charge in [-0.1, -0.05) is 0 Å². The maximum absolute atomic E-state index is 12.0. The standard InChI is InChI=1S/C13H16F3NOS/c14-13(15,16)9-18-12-3-1-10(2-4-12)17-11-5-7-19-8-6-11/h1-4,11,17H,5-9H2. The van der Waals surface area contributed by atoms with Crippen molar-refractivity contribution in [3.8, 4) is 5.75 Å². The second-order valence-electron chi connectivity index (χ2n) is 4.46. The maximum Gasteiger partial charge on any atom is 0.422 e. The SMILES string of the molecule is FC(F)(F)COc1ccc(NC2CCSCC2)cc1. The largest absolute Gasteiger partial charge is 0.484 e. The first kappa shape index (κ1) is 14.4. The summed E-state index contributed by atoms with van der Waals surface area (Å²) in [5.74, 6) is 2.55. The van der Waals surface area contributed by atoms with Gasteiger partial charge in [-0.2, -0.15) is 24.9 Å². The van der Waals surface area contributed by atoms with E-state index in [1.807, 2.05) is 11.8 Å². The monoisotopic (exact) mass is 291 g/mol. The summed E-state index contributed by atoms with van der Waals surface area (Å²) in [4.78, 5) is 0. The Hall–Kier alpha value is -1.04. The molecule has 1 aromatic rings. The van der Waals surface area contributed by atoms with Crippen LogP contribution in [0.3, 0.4) is 0 Å². The highest BCUT2D eigenvalue weighted by molar-refractivity contribution is 7.99. The third kappa shape index (κ3) is 5.22. The van der Waals surface area contributed by atoms with Gasteiger partial charge in [0.25, 0.3) is 0 Å². The van der Waals surface area contributed by atoms with Gasteiger partial charge in [0, 0.05) is 11.7 Å². The van der Waals surface area contributed by atoms with Gasteiger partial charge in [-0.15, -0.1) is 0 Å². The minimum absolute atomic E-state index is 0.238. The van der Waals surface area contributed by atoms with E-state index in [0.29, 0.717) is 6.04 Å². The smallest absolute Gasteiger partial charge is 0.422 e. The Kier molecular flexibility index (Phi) is 4.85. The summed E-state index contributed by atoms with van der Waals surface area (Å²) in [6.07, 6.45) is -2.05. The van der Waals surface area contributed by atoms with E-state index in [0.717, 1.165) is 30.0 Å². The summed E-state index contributed by atoms with van der Waals surface area (Å²) in [5.41, 5.74) is 0.927. The van der Waals surface area contributed by atoms with Crippen molar-refractivity contribution in [2.75, 3.05) is 23.4 Å². The molecular weight excluding hydrogens is 275 g/mol. The summed E-state index contributed by atoms with van der Waals surface area (Å²) >= 11 is 1.95. The number of ether oxygens (including phenoxy) is 1. The molecule has 0 spiro atoms. The Labute approximate surface area is 114 Å². The Bertz CT molecular complexity index is 388. The molecule has 1 saturated heterocycles. The molecule has 1 aliphatic heterocycles. The fraction of sp³-hybridized carbons (Fsp3) is 0.538. The van der Waals surface area contributed by atoms with Gasteiger partial charge in [-0.25, -0.2) is 0 Å². The zero-order valence-corrected chi connectivity index (χ0v) is 11.2. The van der Waals surface area contributed by atoms with E-state index >= 15 is 0 Å². The number of rotatable bonds is 4. The van der Waals surface area contributed by atoms with Crippen molar-refractivity contribution in [3.63, 3.8) is 0 Å². The topological polar surface area (TPSA) is 21.3 Å². The van der Waals surface area contributed by atoms with E-state index in [2.05, 4.69) is 10.1 Å². The normalized spacial score (nSPS) is 17.2. The van der Waals surface area contributed by atoms with Crippen molar-refractivity contribution in [2.24, 2.45) is 0 Å². The second-order valence-corrected chi connectivity index (χ2v) is 5.68. The molecule has 0 bridgehead atoms. The maximum atomic E-state index is 12.0. The van der Waals surface area contributed by atoms with Crippen LogP contribution < -0.4 is 10.1 Å². The van der Waals surface area contributed by atoms with Crippen molar-refractivity contribution in [1.29, 1.82) is 0 Å². The minimum atomic E-state index is -4.29. The molecule has 1 heterocycles. The highest BCUT2D eigenvalue weighted by Gasteiger charge is 2.28. The van der Waals surface area contributed by atoms with Gasteiger partial charge in [0.1, 0.15) is 5.75 Å².